The molecule has 3 N–H and O–H groups in total. The summed E-state index contributed by atoms with van der Waals surface area (Å²) in [5, 5.41) is 2.66. The zero-order valence-corrected chi connectivity index (χ0v) is 8.52. The number of alkyl carbamates (subject to hydrolysis) is 1. The Morgan fingerprint density at radius 3 is 2.46 bits per heavy atom. The van der Waals surface area contributed by atoms with Crippen LogP contribution in [0.3, 0.4) is 0 Å². The number of nitrogens with two attached hydrogens (primary N) is 1. The molecule has 4 heteroatoms. The van der Waals surface area contributed by atoms with Gasteiger partial charge in [0.25, 0.3) is 0 Å². The van der Waals surface area contributed by atoms with Gasteiger partial charge in [-0.15, -0.1) is 0 Å². The molecular weight excluding hydrogens is 168 g/mol. The van der Waals surface area contributed by atoms with Gasteiger partial charge in [0.1, 0.15) is 5.60 Å². The van der Waals surface area contributed by atoms with E-state index in [1.54, 1.807) is 0 Å². The summed E-state index contributed by atoms with van der Waals surface area (Å²) < 4.78 is 5.06. The van der Waals surface area contributed by atoms with Gasteiger partial charge >= 0.3 is 6.09 Å². The Morgan fingerprint density at radius 1 is 1.54 bits per heavy atom. The Kier molecular flexibility index (Phi) is 2.52. The molecule has 0 aromatic heterocycles. The summed E-state index contributed by atoms with van der Waals surface area (Å²) in [7, 11) is 0. The van der Waals surface area contributed by atoms with E-state index in [1.807, 2.05) is 20.8 Å². The second-order valence-electron chi connectivity index (χ2n) is 4.72. The third kappa shape index (κ3) is 4.12. The van der Waals surface area contributed by atoms with Crippen LogP contribution in [-0.2, 0) is 4.74 Å². The number of carbonyl (C=O) groups is 1. The standard InChI is InChI=1S/C9H18N2O2/c1-8(2,3)13-7(12)11-6-9(10)4-5-9/h4-6,10H2,1-3H3,(H,11,12). The van der Waals surface area contributed by atoms with Crippen molar-refractivity contribution in [2.24, 2.45) is 5.73 Å². The maximum Gasteiger partial charge on any atom is 0.407 e. The SMILES string of the molecule is CC(C)(C)OC(=O)NCC1(N)CC1. The normalized spacial score (nSPS) is 19.4. The van der Waals surface area contributed by atoms with Gasteiger partial charge < -0.3 is 15.8 Å². The Labute approximate surface area is 78.8 Å². The molecule has 4 nitrogen and oxygen atoms in total. The lowest BCUT2D eigenvalue weighted by Crippen LogP contribution is -2.41. The van der Waals surface area contributed by atoms with Gasteiger partial charge in [-0.25, -0.2) is 4.79 Å². The first kappa shape index (κ1) is 10.3. The topological polar surface area (TPSA) is 64.3 Å². The third-order valence-corrected chi connectivity index (χ3v) is 1.88. The van der Waals surface area contributed by atoms with E-state index in [2.05, 4.69) is 5.32 Å². The summed E-state index contributed by atoms with van der Waals surface area (Å²) in [6.07, 6.45) is 1.59. The van der Waals surface area contributed by atoms with E-state index in [0.29, 0.717) is 6.54 Å². The second-order valence-corrected chi connectivity index (χ2v) is 4.72. The molecule has 0 radical (unpaired) electrons. The minimum Gasteiger partial charge on any atom is -0.444 e. The predicted octanol–water partition coefficient (Wildman–Crippen LogP) is 1.00. The number of hydrogen-bond donors (Lipinski definition) is 2. The van der Waals surface area contributed by atoms with E-state index < -0.39 is 5.60 Å². The number of ether oxygens (including phenoxy) is 1. The van der Waals surface area contributed by atoms with Crippen LogP contribution in [0.15, 0.2) is 0 Å². The maximum atomic E-state index is 11.1. The van der Waals surface area contributed by atoms with Crippen molar-refractivity contribution in [1.82, 2.24) is 5.32 Å². The van der Waals surface area contributed by atoms with Gasteiger partial charge in [-0.2, -0.15) is 0 Å². The van der Waals surface area contributed by atoms with Crippen LogP contribution in [0.4, 0.5) is 4.79 Å². The van der Waals surface area contributed by atoms with Gasteiger partial charge in [-0.05, 0) is 33.6 Å². The molecule has 1 aliphatic carbocycles. The molecule has 0 aromatic carbocycles. The lowest BCUT2D eigenvalue weighted by Gasteiger charge is -2.20. The average molecular weight is 186 g/mol. The number of carbonyl (C=O) groups excluding carboxylic acids is 1. The minimum atomic E-state index is -0.435. The Hall–Kier alpha value is -0.770. The second kappa shape index (κ2) is 3.18. The Bertz CT molecular complexity index is 204. The van der Waals surface area contributed by atoms with E-state index in [9.17, 15) is 4.79 Å². The smallest absolute Gasteiger partial charge is 0.407 e. The van der Waals surface area contributed by atoms with E-state index in [1.165, 1.54) is 0 Å². The molecule has 76 valence electrons. The summed E-state index contributed by atoms with van der Waals surface area (Å²) in [5.41, 5.74) is 5.20. The van der Waals surface area contributed by atoms with Crippen LogP contribution >= 0.6 is 0 Å². The van der Waals surface area contributed by atoms with Gasteiger partial charge in [-0.3, -0.25) is 0 Å². The number of hydrogen-bond acceptors (Lipinski definition) is 3. The summed E-state index contributed by atoms with van der Waals surface area (Å²) in [6, 6.07) is 0. The molecule has 1 aliphatic rings. The summed E-state index contributed by atoms with van der Waals surface area (Å²) in [6.45, 7) is 6.02. The van der Waals surface area contributed by atoms with Gasteiger partial charge in [0.05, 0.1) is 0 Å². The van der Waals surface area contributed by atoms with E-state index in [0.717, 1.165) is 12.8 Å². The zero-order valence-electron chi connectivity index (χ0n) is 8.52. The highest BCUT2D eigenvalue weighted by Crippen LogP contribution is 2.30. The fourth-order valence-electron chi connectivity index (χ4n) is 0.900. The molecule has 0 heterocycles. The minimum absolute atomic E-state index is 0.156. The molecule has 0 spiro atoms. The lowest BCUT2D eigenvalue weighted by atomic mass is 10.2. The first-order valence-corrected chi connectivity index (χ1v) is 4.57. The zero-order chi connectivity index (χ0) is 10.1. The largest absolute Gasteiger partial charge is 0.444 e. The van der Waals surface area contributed by atoms with Crippen molar-refractivity contribution >= 4 is 6.09 Å². The maximum absolute atomic E-state index is 11.1. The van der Waals surface area contributed by atoms with Crippen molar-refractivity contribution in [1.29, 1.82) is 0 Å². The van der Waals surface area contributed by atoms with Gasteiger partial charge in [0, 0.05) is 12.1 Å². The molecule has 0 unspecified atom stereocenters. The molecule has 1 amide bonds. The van der Waals surface area contributed by atoms with Gasteiger partial charge in [0.2, 0.25) is 0 Å². The summed E-state index contributed by atoms with van der Waals surface area (Å²) >= 11 is 0. The lowest BCUT2D eigenvalue weighted by molar-refractivity contribution is 0.0523. The fraction of sp³-hybridized carbons (Fsp3) is 0.889. The van der Waals surface area contributed by atoms with Crippen molar-refractivity contribution in [3.63, 3.8) is 0 Å². The Balaban J connectivity index is 2.18. The Morgan fingerprint density at radius 2 is 2.08 bits per heavy atom. The molecule has 1 saturated carbocycles. The molecule has 0 bridgehead atoms. The number of rotatable bonds is 2. The average Bonchev–Trinajstić information content (AvgIpc) is 2.62. The van der Waals surface area contributed by atoms with E-state index in [-0.39, 0.29) is 11.6 Å². The quantitative estimate of drug-likeness (QED) is 0.676. The molecular formula is C9H18N2O2. The summed E-state index contributed by atoms with van der Waals surface area (Å²) in [4.78, 5) is 11.1. The van der Waals surface area contributed by atoms with Crippen LogP contribution in [0.1, 0.15) is 33.6 Å². The van der Waals surface area contributed by atoms with Crippen LogP contribution in [-0.4, -0.2) is 23.8 Å². The molecule has 13 heavy (non-hydrogen) atoms. The van der Waals surface area contributed by atoms with Crippen LogP contribution in [0.25, 0.3) is 0 Å². The molecule has 0 aromatic rings. The highest BCUT2D eigenvalue weighted by Gasteiger charge is 2.38. The molecule has 0 saturated heterocycles. The van der Waals surface area contributed by atoms with Crippen molar-refractivity contribution < 1.29 is 9.53 Å². The highest BCUT2D eigenvalue weighted by atomic mass is 16.6. The highest BCUT2D eigenvalue weighted by molar-refractivity contribution is 5.67. The van der Waals surface area contributed by atoms with Crippen molar-refractivity contribution in [2.75, 3.05) is 6.54 Å². The molecule has 0 aliphatic heterocycles. The third-order valence-electron chi connectivity index (χ3n) is 1.88. The van der Waals surface area contributed by atoms with Crippen LogP contribution in [0.5, 0.6) is 0 Å². The molecule has 1 rings (SSSR count). The van der Waals surface area contributed by atoms with Crippen molar-refractivity contribution in [3.8, 4) is 0 Å². The summed E-state index contributed by atoms with van der Waals surface area (Å²) in [5.74, 6) is 0. The monoisotopic (exact) mass is 186 g/mol. The van der Waals surface area contributed by atoms with Gasteiger partial charge in [-0.1, -0.05) is 0 Å². The van der Waals surface area contributed by atoms with Crippen LogP contribution in [0.2, 0.25) is 0 Å². The van der Waals surface area contributed by atoms with E-state index >= 15 is 0 Å². The van der Waals surface area contributed by atoms with Crippen LogP contribution in [0, 0.1) is 0 Å². The molecule has 0 atom stereocenters. The van der Waals surface area contributed by atoms with Gasteiger partial charge in [0.15, 0.2) is 0 Å². The van der Waals surface area contributed by atoms with E-state index in [4.69, 9.17) is 10.5 Å². The number of nitrogens with one attached hydrogen (secondary N) is 1. The predicted molar refractivity (Wildman–Crippen MR) is 50.4 cm³/mol. The first-order valence-electron chi connectivity index (χ1n) is 4.57. The van der Waals surface area contributed by atoms with Crippen molar-refractivity contribution in [2.45, 2.75) is 44.8 Å². The fourth-order valence-corrected chi connectivity index (χ4v) is 0.900. The van der Waals surface area contributed by atoms with Crippen molar-refractivity contribution in [3.05, 3.63) is 0 Å². The first-order chi connectivity index (χ1) is 5.81. The molecule has 1 fully saturated rings. The van der Waals surface area contributed by atoms with Crippen LogP contribution < -0.4 is 11.1 Å². The number of amides is 1.